The number of rotatable bonds is 7. The highest BCUT2D eigenvalue weighted by molar-refractivity contribution is 6.02. The zero-order chi connectivity index (χ0) is 20.1. The van der Waals surface area contributed by atoms with Gasteiger partial charge in [0.1, 0.15) is 11.4 Å². The first-order valence-electron chi connectivity index (χ1n) is 8.70. The van der Waals surface area contributed by atoms with Crippen LogP contribution in [0.1, 0.15) is 46.5 Å². The van der Waals surface area contributed by atoms with E-state index >= 15 is 0 Å². The number of aromatic nitrogens is 2. The third-order valence-corrected chi connectivity index (χ3v) is 4.24. The monoisotopic (exact) mass is 373 g/mol. The maximum absolute atomic E-state index is 12.5. The average molecular weight is 373 g/mol. The van der Waals surface area contributed by atoms with E-state index in [-0.39, 0.29) is 17.9 Å². The molecule has 1 aromatic heterocycles. The van der Waals surface area contributed by atoms with Crippen LogP contribution in [0.5, 0.6) is 0 Å². The van der Waals surface area contributed by atoms with Crippen molar-refractivity contribution in [2.24, 2.45) is 7.05 Å². The van der Waals surface area contributed by atoms with Gasteiger partial charge < -0.3 is 10.5 Å². The Hall–Kier alpha value is -3.16. The second kappa shape index (κ2) is 8.48. The first-order valence-corrected chi connectivity index (χ1v) is 8.70. The van der Waals surface area contributed by atoms with E-state index in [0.29, 0.717) is 12.0 Å². The van der Waals surface area contributed by atoms with Gasteiger partial charge in [-0.3, -0.25) is 18.7 Å². The number of nitrogen functional groups attached to an aromatic ring is 1. The summed E-state index contributed by atoms with van der Waals surface area (Å²) < 4.78 is 7.01. The molecule has 0 aliphatic heterocycles. The number of hydrogen-bond donors (Lipinski definition) is 1. The van der Waals surface area contributed by atoms with Crippen LogP contribution >= 0.6 is 0 Å². The second-order valence-corrected chi connectivity index (χ2v) is 6.11. The molecule has 0 fully saturated rings. The molecule has 0 unspecified atom stereocenters. The number of Topliss-reactive ketones (excluding diaryl/α,β-unsaturated/α-hetero) is 1. The minimum Gasteiger partial charge on any atom is -0.454 e. The molecule has 0 amide bonds. The first kappa shape index (κ1) is 20.2. The molecule has 0 spiro atoms. The zero-order valence-electron chi connectivity index (χ0n) is 15.7. The molecular formula is C19H23N3O5. The van der Waals surface area contributed by atoms with E-state index in [2.05, 4.69) is 0 Å². The van der Waals surface area contributed by atoms with Gasteiger partial charge in [0.25, 0.3) is 5.56 Å². The minimum absolute atomic E-state index is 0.210. The highest BCUT2D eigenvalue weighted by atomic mass is 16.5. The van der Waals surface area contributed by atoms with Crippen LogP contribution in [-0.4, -0.2) is 27.5 Å². The Morgan fingerprint density at radius 2 is 1.74 bits per heavy atom. The van der Waals surface area contributed by atoms with Gasteiger partial charge in [-0.2, -0.15) is 0 Å². The lowest BCUT2D eigenvalue weighted by atomic mass is 10.1. The van der Waals surface area contributed by atoms with Gasteiger partial charge in [-0.1, -0.05) is 26.0 Å². The molecule has 0 radical (unpaired) electrons. The molecule has 27 heavy (non-hydrogen) atoms. The number of carbonyl (C=O) groups excluding carboxylic acids is 2. The number of nitrogens with two attached hydrogens (primary N) is 1. The Kier molecular flexibility index (Phi) is 6.33. The average Bonchev–Trinajstić information content (AvgIpc) is 2.68. The summed E-state index contributed by atoms with van der Waals surface area (Å²) in [6.45, 7) is 3.46. The molecular weight excluding hydrogens is 350 g/mol. The van der Waals surface area contributed by atoms with Crippen LogP contribution in [-0.2, 0) is 24.8 Å². The van der Waals surface area contributed by atoms with Gasteiger partial charge >= 0.3 is 11.7 Å². The molecule has 8 nitrogen and oxygen atoms in total. The van der Waals surface area contributed by atoms with Crippen molar-refractivity contribution in [1.82, 2.24) is 9.13 Å². The third-order valence-electron chi connectivity index (χ3n) is 4.24. The lowest BCUT2D eigenvalue weighted by Gasteiger charge is -2.13. The molecule has 8 heteroatoms. The van der Waals surface area contributed by atoms with Gasteiger partial charge in [-0.25, -0.2) is 9.59 Å². The van der Waals surface area contributed by atoms with E-state index in [4.69, 9.17) is 10.5 Å². The second-order valence-electron chi connectivity index (χ2n) is 6.11. The van der Waals surface area contributed by atoms with E-state index in [1.165, 1.54) is 11.6 Å². The van der Waals surface area contributed by atoms with E-state index in [1.54, 1.807) is 24.3 Å². The lowest BCUT2D eigenvalue weighted by Crippen LogP contribution is -2.43. The van der Waals surface area contributed by atoms with Crippen LogP contribution in [0.15, 0.2) is 33.9 Å². The summed E-state index contributed by atoms with van der Waals surface area (Å²) >= 11 is 0. The molecule has 144 valence electrons. The van der Waals surface area contributed by atoms with Crippen LogP contribution in [0.4, 0.5) is 5.82 Å². The number of anilines is 1. The molecule has 0 bridgehead atoms. The number of hydrogen-bond acceptors (Lipinski definition) is 6. The van der Waals surface area contributed by atoms with E-state index in [9.17, 15) is 19.2 Å². The summed E-state index contributed by atoms with van der Waals surface area (Å²) in [7, 11) is 1.27. The Bertz CT molecular complexity index is 971. The summed E-state index contributed by atoms with van der Waals surface area (Å²) in [6.07, 6.45) is 1.43. The fourth-order valence-corrected chi connectivity index (χ4v) is 2.65. The molecule has 0 atom stereocenters. The van der Waals surface area contributed by atoms with E-state index < -0.39 is 29.6 Å². The fraction of sp³-hybridized carbons (Fsp3) is 0.368. The molecule has 0 aliphatic rings. The normalized spacial score (nSPS) is 10.6. The number of ether oxygens (including phenoxy) is 1. The molecule has 0 saturated carbocycles. The number of ketones is 1. The summed E-state index contributed by atoms with van der Waals surface area (Å²) in [4.78, 5) is 49.0. The van der Waals surface area contributed by atoms with Gasteiger partial charge in [-0.15, -0.1) is 0 Å². The SMILES string of the molecule is CCCn1c(N)c(C(=O)COC(=O)c2ccc(CC)cc2)c(=O)n(C)c1=O. The largest absolute Gasteiger partial charge is 0.454 e. The van der Waals surface area contributed by atoms with Crippen molar-refractivity contribution < 1.29 is 14.3 Å². The Balaban J connectivity index is 2.24. The van der Waals surface area contributed by atoms with Gasteiger partial charge in [0, 0.05) is 13.6 Å². The third kappa shape index (κ3) is 4.16. The summed E-state index contributed by atoms with van der Waals surface area (Å²) in [5.41, 5.74) is 5.50. The van der Waals surface area contributed by atoms with Crippen molar-refractivity contribution in [3.63, 3.8) is 0 Å². The van der Waals surface area contributed by atoms with Crippen LogP contribution in [0.3, 0.4) is 0 Å². The Labute approximate surface area is 156 Å². The standard InChI is InChI=1S/C19H23N3O5/c1-4-10-22-16(20)15(17(24)21(3)19(22)26)14(23)11-27-18(25)13-8-6-12(5-2)7-9-13/h6-9H,4-5,10-11,20H2,1-3H3. The molecule has 0 saturated heterocycles. The molecule has 1 aromatic carbocycles. The van der Waals surface area contributed by atoms with Crippen LogP contribution in [0, 0.1) is 0 Å². The number of esters is 1. The summed E-state index contributed by atoms with van der Waals surface area (Å²) in [6, 6.07) is 6.82. The van der Waals surface area contributed by atoms with Crippen molar-refractivity contribution in [3.8, 4) is 0 Å². The molecule has 2 rings (SSSR count). The van der Waals surface area contributed by atoms with E-state index in [1.807, 2.05) is 13.8 Å². The van der Waals surface area contributed by atoms with Gasteiger partial charge in [0.15, 0.2) is 6.61 Å². The minimum atomic E-state index is -0.807. The maximum Gasteiger partial charge on any atom is 0.338 e. The van der Waals surface area contributed by atoms with Crippen molar-refractivity contribution in [3.05, 3.63) is 61.8 Å². The zero-order valence-corrected chi connectivity index (χ0v) is 15.7. The number of benzene rings is 1. The predicted molar refractivity (Wildman–Crippen MR) is 101 cm³/mol. The maximum atomic E-state index is 12.5. The molecule has 2 N–H and O–H groups in total. The van der Waals surface area contributed by atoms with Crippen LogP contribution < -0.4 is 17.0 Å². The van der Waals surface area contributed by atoms with Crippen molar-refractivity contribution in [1.29, 1.82) is 0 Å². The van der Waals surface area contributed by atoms with Crippen LogP contribution in [0.2, 0.25) is 0 Å². The summed E-state index contributed by atoms with van der Waals surface area (Å²) in [5, 5.41) is 0. The quantitative estimate of drug-likeness (QED) is 0.575. The van der Waals surface area contributed by atoms with Gasteiger partial charge in [0.05, 0.1) is 5.56 Å². The number of nitrogens with zero attached hydrogens (tertiary/aromatic N) is 2. The first-order chi connectivity index (χ1) is 12.8. The van der Waals surface area contributed by atoms with Crippen LogP contribution in [0.25, 0.3) is 0 Å². The van der Waals surface area contributed by atoms with Crippen molar-refractivity contribution >= 4 is 17.6 Å². The smallest absolute Gasteiger partial charge is 0.338 e. The number of aryl methyl sites for hydroxylation is 1. The van der Waals surface area contributed by atoms with Crippen molar-refractivity contribution in [2.75, 3.05) is 12.3 Å². The highest BCUT2D eigenvalue weighted by Gasteiger charge is 2.22. The number of carbonyl (C=O) groups is 2. The lowest BCUT2D eigenvalue weighted by molar-refractivity contribution is 0.0474. The predicted octanol–water partition coefficient (Wildman–Crippen LogP) is 1.14. The summed E-state index contributed by atoms with van der Waals surface area (Å²) in [5.74, 6) is -1.64. The topological polar surface area (TPSA) is 113 Å². The van der Waals surface area contributed by atoms with E-state index in [0.717, 1.165) is 16.6 Å². The van der Waals surface area contributed by atoms with Gasteiger partial charge in [-0.05, 0) is 30.5 Å². The fourth-order valence-electron chi connectivity index (χ4n) is 2.65. The highest BCUT2D eigenvalue weighted by Crippen LogP contribution is 2.09. The Morgan fingerprint density at radius 3 is 2.30 bits per heavy atom. The molecule has 1 heterocycles. The molecule has 0 aliphatic carbocycles. The molecule has 2 aromatic rings. The Morgan fingerprint density at radius 1 is 1.11 bits per heavy atom. The van der Waals surface area contributed by atoms with Crippen molar-refractivity contribution in [2.45, 2.75) is 33.2 Å². The van der Waals surface area contributed by atoms with Gasteiger partial charge in [0.2, 0.25) is 5.78 Å².